The van der Waals surface area contributed by atoms with Crippen LogP contribution in [0.2, 0.25) is 0 Å². The lowest BCUT2D eigenvalue weighted by atomic mass is 9.84. The molecule has 2 atom stereocenters. The smallest absolute Gasteiger partial charge is 0.416 e. The molecule has 1 amide bonds. The van der Waals surface area contributed by atoms with Gasteiger partial charge in [0.25, 0.3) is 5.91 Å². The number of hydrogen-bond donors (Lipinski definition) is 2. The second-order valence-electron chi connectivity index (χ2n) is 10.2. The first-order chi connectivity index (χ1) is 21.3. The molecule has 0 saturated heterocycles. The number of rotatable bonds is 12. The summed E-state index contributed by atoms with van der Waals surface area (Å²) in [6, 6.07) is 14.4. The van der Waals surface area contributed by atoms with E-state index in [0.29, 0.717) is 47.8 Å². The fraction of sp³-hybridized carbons (Fsp3) is 0.312. The molecule has 0 saturated carbocycles. The summed E-state index contributed by atoms with van der Waals surface area (Å²) in [5.74, 6) is 0.232. The second kappa shape index (κ2) is 13.6. The van der Waals surface area contributed by atoms with E-state index < -0.39 is 53.1 Å². The highest BCUT2D eigenvalue weighted by molar-refractivity contribution is 6.01. The minimum Gasteiger partial charge on any atom is -0.497 e. The number of hydrogen-bond acceptors (Lipinski definition) is 6. The summed E-state index contributed by atoms with van der Waals surface area (Å²) in [6.45, 7) is 3.35. The molecule has 240 valence electrons. The molecule has 7 nitrogen and oxygen atoms in total. The summed E-state index contributed by atoms with van der Waals surface area (Å²) in [5.41, 5.74) is -4.18. The van der Waals surface area contributed by atoms with Gasteiger partial charge in [0.2, 0.25) is 5.90 Å². The highest BCUT2D eigenvalue weighted by Crippen LogP contribution is 2.44. The number of nitrogens with one attached hydrogen (secondary N) is 1. The topological polar surface area (TPSA) is 89.4 Å². The van der Waals surface area contributed by atoms with E-state index in [9.17, 15) is 31.1 Å². The average Bonchev–Trinajstić information content (AvgIpc) is 3.40. The Hall–Kier alpha value is -4.52. The van der Waals surface area contributed by atoms with E-state index >= 15 is 0 Å². The minimum atomic E-state index is -5.04. The Morgan fingerprint density at radius 1 is 1.02 bits per heavy atom. The Labute approximate surface area is 255 Å². The SMILES string of the molecule is C=CC[C@@]1(C(=O)NCc2cc(C(F)(F)F)cc(C(F)(F)F)c2)N=C(c2ccc(OCCCO)cc2)O[C@@H]1c1cccc(OC)c1. The number of carbonyl (C=O) groups excluding carboxylic acids is 1. The van der Waals surface area contributed by atoms with Crippen LogP contribution in [0, 0.1) is 0 Å². The van der Waals surface area contributed by atoms with Gasteiger partial charge < -0.3 is 24.6 Å². The number of aliphatic imine (C=N–C) groups is 1. The molecule has 3 aromatic rings. The summed E-state index contributed by atoms with van der Waals surface area (Å²) >= 11 is 0. The van der Waals surface area contributed by atoms with Crippen molar-refractivity contribution in [1.29, 1.82) is 0 Å². The van der Waals surface area contributed by atoms with E-state index in [2.05, 4.69) is 16.9 Å². The first-order valence-electron chi connectivity index (χ1n) is 13.7. The maximum atomic E-state index is 13.9. The molecule has 3 aromatic carbocycles. The van der Waals surface area contributed by atoms with Crippen molar-refractivity contribution in [2.45, 2.75) is 43.4 Å². The lowest BCUT2D eigenvalue weighted by molar-refractivity contribution is -0.143. The second-order valence-corrected chi connectivity index (χ2v) is 10.2. The van der Waals surface area contributed by atoms with Gasteiger partial charge in [-0.3, -0.25) is 4.79 Å². The molecular weight excluding hydrogens is 606 g/mol. The summed E-state index contributed by atoms with van der Waals surface area (Å²) < 4.78 is 97.7. The molecule has 0 fully saturated rings. The monoisotopic (exact) mass is 636 g/mol. The predicted molar refractivity (Wildman–Crippen MR) is 153 cm³/mol. The van der Waals surface area contributed by atoms with Crippen molar-refractivity contribution in [3.63, 3.8) is 0 Å². The molecule has 13 heteroatoms. The molecule has 4 rings (SSSR count). The van der Waals surface area contributed by atoms with Crippen LogP contribution in [0.1, 0.15) is 46.8 Å². The molecule has 1 aliphatic rings. The Morgan fingerprint density at radius 3 is 2.27 bits per heavy atom. The van der Waals surface area contributed by atoms with Crippen molar-refractivity contribution >= 4 is 11.8 Å². The normalized spacial score (nSPS) is 18.1. The van der Waals surface area contributed by atoms with Crippen LogP contribution in [-0.2, 0) is 28.4 Å². The zero-order valence-electron chi connectivity index (χ0n) is 24.0. The van der Waals surface area contributed by atoms with Crippen molar-refractivity contribution in [2.24, 2.45) is 4.99 Å². The third-order valence-corrected chi connectivity index (χ3v) is 6.98. The molecule has 2 N–H and O–H groups in total. The predicted octanol–water partition coefficient (Wildman–Crippen LogP) is 6.64. The van der Waals surface area contributed by atoms with Gasteiger partial charge in [0.15, 0.2) is 11.6 Å². The number of methoxy groups -OCH3 is 1. The summed E-state index contributed by atoms with van der Waals surface area (Å²) in [5, 5.41) is 11.4. The number of benzene rings is 3. The molecule has 0 bridgehead atoms. The van der Waals surface area contributed by atoms with Crippen molar-refractivity contribution in [3.8, 4) is 11.5 Å². The van der Waals surface area contributed by atoms with E-state index in [1.54, 1.807) is 48.5 Å². The van der Waals surface area contributed by atoms with Crippen LogP contribution >= 0.6 is 0 Å². The maximum Gasteiger partial charge on any atom is 0.416 e. The van der Waals surface area contributed by atoms with E-state index in [4.69, 9.17) is 19.3 Å². The number of aliphatic hydroxyl groups is 1. The van der Waals surface area contributed by atoms with Gasteiger partial charge in [-0.25, -0.2) is 4.99 Å². The van der Waals surface area contributed by atoms with Crippen LogP contribution in [0.25, 0.3) is 0 Å². The van der Waals surface area contributed by atoms with Crippen LogP contribution in [-0.4, -0.2) is 42.8 Å². The van der Waals surface area contributed by atoms with Gasteiger partial charge in [-0.1, -0.05) is 18.2 Å². The van der Waals surface area contributed by atoms with Gasteiger partial charge in [0.05, 0.1) is 24.8 Å². The number of ether oxygens (including phenoxy) is 3. The van der Waals surface area contributed by atoms with Gasteiger partial charge in [0, 0.05) is 31.6 Å². The zero-order chi connectivity index (χ0) is 32.8. The van der Waals surface area contributed by atoms with Crippen molar-refractivity contribution < 1.29 is 50.5 Å². The van der Waals surface area contributed by atoms with Crippen LogP contribution in [0.15, 0.2) is 84.4 Å². The molecular formula is C32H30F6N2O5. The first kappa shape index (κ1) is 33.4. The minimum absolute atomic E-state index is 0.0215. The van der Waals surface area contributed by atoms with Crippen molar-refractivity contribution in [3.05, 3.63) is 107 Å². The highest BCUT2D eigenvalue weighted by Gasteiger charge is 2.52. The van der Waals surface area contributed by atoms with Crippen molar-refractivity contribution in [1.82, 2.24) is 5.32 Å². The Morgan fingerprint density at radius 2 is 1.69 bits per heavy atom. The fourth-order valence-corrected chi connectivity index (χ4v) is 4.80. The maximum absolute atomic E-state index is 13.9. The number of carbonyl (C=O) groups is 1. The molecule has 45 heavy (non-hydrogen) atoms. The van der Waals surface area contributed by atoms with Crippen LogP contribution in [0.5, 0.6) is 11.5 Å². The van der Waals surface area contributed by atoms with Gasteiger partial charge in [-0.2, -0.15) is 26.3 Å². The largest absolute Gasteiger partial charge is 0.497 e. The third kappa shape index (κ3) is 7.77. The quantitative estimate of drug-likeness (QED) is 0.132. The summed E-state index contributed by atoms with van der Waals surface area (Å²) in [6.07, 6.45) is -9.39. The van der Waals surface area contributed by atoms with Gasteiger partial charge >= 0.3 is 12.4 Å². The van der Waals surface area contributed by atoms with Crippen LogP contribution in [0.4, 0.5) is 26.3 Å². The van der Waals surface area contributed by atoms with E-state index in [1.807, 2.05) is 0 Å². The van der Waals surface area contributed by atoms with E-state index in [1.165, 1.54) is 13.2 Å². The molecule has 1 aliphatic heterocycles. The van der Waals surface area contributed by atoms with Crippen molar-refractivity contribution in [2.75, 3.05) is 20.3 Å². The molecule has 0 radical (unpaired) electrons. The van der Waals surface area contributed by atoms with Crippen LogP contribution < -0.4 is 14.8 Å². The zero-order valence-corrected chi connectivity index (χ0v) is 24.0. The molecule has 0 spiro atoms. The third-order valence-electron chi connectivity index (χ3n) is 6.98. The first-order valence-corrected chi connectivity index (χ1v) is 13.7. The Bertz CT molecular complexity index is 1510. The Kier molecular flexibility index (Phi) is 10.1. The summed E-state index contributed by atoms with van der Waals surface area (Å²) in [7, 11) is 1.45. The fourth-order valence-electron chi connectivity index (χ4n) is 4.80. The highest BCUT2D eigenvalue weighted by atomic mass is 19.4. The standard InChI is InChI=1S/C32H30F6N2O5/c1-3-12-30(29(42)39-19-20-15-23(31(33,34)35)18-24(16-20)32(36,37)38)27(22-6-4-7-26(17-22)43-2)45-28(40-30)21-8-10-25(11-9-21)44-14-5-13-41/h3-4,6-11,15-18,27,41H,1,5,12-14,19H2,2H3,(H,39,42)/t27-,30-/m1/s1. The molecule has 0 aliphatic carbocycles. The van der Waals surface area contributed by atoms with Crippen LogP contribution in [0.3, 0.4) is 0 Å². The summed E-state index contributed by atoms with van der Waals surface area (Å²) in [4.78, 5) is 18.6. The lowest BCUT2D eigenvalue weighted by Crippen LogP contribution is -2.47. The number of aliphatic hydroxyl groups excluding tert-OH is 1. The lowest BCUT2D eigenvalue weighted by Gasteiger charge is -2.30. The van der Waals surface area contributed by atoms with E-state index in [-0.39, 0.29) is 25.0 Å². The number of alkyl halides is 6. The average molecular weight is 637 g/mol. The van der Waals surface area contributed by atoms with Gasteiger partial charge in [0.1, 0.15) is 11.5 Å². The number of amides is 1. The van der Waals surface area contributed by atoms with Gasteiger partial charge in [-0.15, -0.1) is 6.58 Å². The van der Waals surface area contributed by atoms with Gasteiger partial charge in [-0.05, 0) is 65.7 Å². The Balaban J connectivity index is 1.72. The number of halogens is 6. The molecule has 0 aromatic heterocycles. The van der Waals surface area contributed by atoms with E-state index in [0.717, 1.165) is 0 Å². The molecule has 1 heterocycles. The number of nitrogens with zero attached hydrogens (tertiary/aromatic N) is 1. The molecule has 0 unspecified atom stereocenters.